The smallest absolute Gasteiger partial charge is 0.270 e. The molecular weight excluding hydrogens is 278 g/mol. The van der Waals surface area contributed by atoms with Gasteiger partial charge in [-0.2, -0.15) is 0 Å². The molecule has 0 aliphatic carbocycles. The lowest BCUT2D eigenvalue weighted by Gasteiger charge is -2.23. The van der Waals surface area contributed by atoms with Gasteiger partial charge in [-0.25, -0.2) is 0 Å². The van der Waals surface area contributed by atoms with Crippen molar-refractivity contribution >= 4 is 16.8 Å². The van der Waals surface area contributed by atoms with E-state index in [0.717, 1.165) is 36.2 Å². The number of hydrogen-bond donors (Lipinski definition) is 2. The highest BCUT2D eigenvalue weighted by molar-refractivity contribution is 5.98. The molecule has 1 amide bonds. The minimum absolute atomic E-state index is 0.101. The zero-order valence-corrected chi connectivity index (χ0v) is 12.8. The van der Waals surface area contributed by atoms with Gasteiger partial charge in [0.05, 0.1) is 7.11 Å². The highest BCUT2D eigenvalue weighted by Gasteiger charge is 2.31. The summed E-state index contributed by atoms with van der Waals surface area (Å²) in [5.41, 5.74) is 1.64. The monoisotopic (exact) mass is 299 g/mol. The van der Waals surface area contributed by atoms with Crippen molar-refractivity contribution in [1.29, 1.82) is 0 Å². The average molecular weight is 299 g/mol. The lowest BCUT2D eigenvalue weighted by atomic mass is 10.1. The Kier molecular flexibility index (Phi) is 3.30. The highest BCUT2D eigenvalue weighted by Crippen LogP contribution is 2.24. The predicted octanol–water partition coefficient (Wildman–Crippen LogP) is 2.14. The molecule has 2 bridgehead atoms. The van der Waals surface area contributed by atoms with Gasteiger partial charge in [-0.15, -0.1) is 0 Å². The number of aromatic nitrogens is 1. The third-order valence-corrected chi connectivity index (χ3v) is 4.87. The molecular formula is C17H21N3O2. The molecule has 116 valence electrons. The molecule has 2 aliphatic rings. The number of nitrogens with one attached hydrogen (secondary N) is 2. The molecule has 0 spiro atoms. The van der Waals surface area contributed by atoms with Crippen LogP contribution >= 0.6 is 0 Å². The van der Waals surface area contributed by atoms with Gasteiger partial charge in [0.1, 0.15) is 11.4 Å². The van der Waals surface area contributed by atoms with Gasteiger partial charge in [0.15, 0.2) is 0 Å². The van der Waals surface area contributed by atoms with Crippen LogP contribution in [0.3, 0.4) is 0 Å². The number of carbonyl (C=O) groups is 1. The number of carbonyl (C=O) groups excluding carboxylic acids is 1. The SMILES string of the molecule is COc1ccc2[nH]c(C(=O)N3CCC4CCC(C3)N4)cc2c1. The summed E-state index contributed by atoms with van der Waals surface area (Å²) in [6.07, 6.45) is 3.48. The largest absolute Gasteiger partial charge is 0.497 e. The Bertz CT molecular complexity index is 709. The van der Waals surface area contributed by atoms with Crippen LogP contribution in [0.1, 0.15) is 29.8 Å². The number of likely N-dealkylation sites (tertiary alicyclic amines) is 1. The van der Waals surface area contributed by atoms with Gasteiger partial charge in [0.25, 0.3) is 5.91 Å². The zero-order chi connectivity index (χ0) is 15.1. The number of rotatable bonds is 2. The number of benzene rings is 1. The second-order valence-corrected chi connectivity index (χ2v) is 6.31. The minimum Gasteiger partial charge on any atom is -0.497 e. The van der Waals surface area contributed by atoms with Crippen LogP contribution in [0.25, 0.3) is 10.9 Å². The molecule has 2 fully saturated rings. The molecule has 2 unspecified atom stereocenters. The summed E-state index contributed by atoms with van der Waals surface area (Å²) in [5.74, 6) is 0.909. The number of aromatic amines is 1. The van der Waals surface area contributed by atoms with E-state index in [-0.39, 0.29) is 5.91 Å². The standard InChI is InChI=1S/C17H21N3O2/c1-22-14-4-5-15-11(8-14)9-16(19-15)17(21)20-7-6-12-2-3-13(10-20)18-12/h4-5,8-9,12-13,18-19H,2-3,6-7,10H2,1H3. The first-order valence-electron chi connectivity index (χ1n) is 7.95. The molecule has 3 heterocycles. The first-order chi connectivity index (χ1) is 10.7. The quantitative estimate of drug-likeness (QED) is 0.893. The Morgan fingerprint density at radius 1 is 1.23 bits per heavy atom. The Labute approximate surface area is 129 Å². The molecule has 2 N–H and O–H groups in total. The normalized spacial score (nSPS) is 24.5. The number of amides is 1. The van der Waals surface area contributed by atoms with Crippen LogP contribution < -0.4 is 10.1 Å². The number of hydrogen-bond acceptors (Lipinski definition) is 3. The van der Waals surface area contributed by atoms with Gasteiger partial charge >= 0.3 is 0 Å². The van der Waals surface area contributed by atoms with E-state index in [2.05, 4.69) is 10.3 Å². The zero-order valence-electron chi connectivity index (χ0n) is 12.8. The molecule has 2 saturated heterocycles. The fourth-order valence-electron chi connectivity index (χ4n) is 3.65. The van der Waals surface area contributed by atoms with Crippen LogP contribution in [0.4, 0.5) is 0 Å². The summed E-state index contributed by atoms with van der Waals surface area (Å²) in [4.78, 5) is 18.0. The van der Waals surface area contributed by atoms with Crippen LogP contribution in [0, 0.1) is 0 Å². The molecule has 1 aromatic heterocycles. The first-order valence-corrected chi connectivity index (χ1v) is 7.95. The van der Waals surface area contributed by atoms with Crippen LogP contribution in [-0.4, -0.2) is 48.1 Å². The molecule has 4 rings (SSSR count). The third-order valence-electron chi connectivity index (χ3n) is 4.87. The summed E-state index contributed by atoms with van der Waals surface area (Å²) < 4.78 is 5.24. The molecule has 5 heteroatoms. The van der Waals surface area contributed by atoms with Crippen molar-refractivity contribution in [3.05, 3.63) is 30.0 Å². The van der Waals surface area contributed by atoms with Gasteiger partial charge < -0.3 is 19.9 Å². The highest BCUT2D eigenvalue weighted by atomic mass is 16.5. The van der Waals surface area contributed by atoms with Crippen LogP contribution in [0.2, 0.25) is 0 Å². The van der Waals surface area contributed by atoms with Crippen molar-refractivity contribution in [3.63, 3.8) is 0 Å². The number of fused-ring (bicyclic) bond motifs is 3. The fourth-order valence-corrected chi connectivity index (χ4v) is 3.65. The molecule has 2 atom stereocenters. The maximum atomic E-state index is 12.8. The molecule has 0 saturated carbocycles. The minimum atomic E-state index is 0.101. The number of nitrogens with zero attached hydrogens (tertiary/aromatic N) is 1. The summed E-state index contributed by atoms with van der Waals surface area (Å²) in [6.45, 7) is 1.65. The summed E-state index contributed by atoms with van der Waals surface area (Å²) >= 11 is 0. The average Bonchev–Trinajstić information content (AvgIpc) is 3.08. The Morgan fingerprint density at radius 2 is 2.09 bits per heavy atom. The lowest BCUT2D eigenvalue weighted by molar-refractivity contribution is 0.0743. The van der Waals surface area contributed by atoms with E-state index in [1.165, 1.54) is 12.8 Å². The maximum absolute atomic E-state index is 12.8. The van der Waals surface area contributed by atoms with Crippen molar-refractivity contribution < 1.29 is 9.53 Å². The molecule has 2 aliphatic heterocycles. The van der Waals surface area contributed by atoms with Crippen molar-refractivity contribution in [2.24, 2.45) is 0 Å². The van der Waals surface area contributed by atoms with Crippen LogP contribution in [0.5, 0.6) is 5.75 Å². The Balaban J connectivity index is 1.59. The van der Waals surface area contributed by atoms with E-state index < -0.39 is 0 Å². The summed E-state index contributed by atoms with van der Waals surface area (Å²) in [6, 6.07) is 8.79. The van der Waals surface area contributed by atoms with Crippen LogP contribution in [0.15, 0.2) is 24.3 Å². The third kappa shape index (κ3) is 2.35. The molecule has 0 radical (unpaired) electrons. The molecule has 2 aromatic rings. The Morgan fingerprint density at radius 3 is 2.95 bits per heavy atom. The summed E-state index contributed by atoms with van der Waals surface area (Å²) in [5, 5.41) is 4.62. The van der Waals surface area contributed by atoms with Crippen molar-refractivity contribution in [1.82, 2.24) is 15.2 Å². The molecule has 5 nitrogen and oxygen atoms in total. The first kappa shape index (κ1) is 13.6. The van der Waals surface area contributed by atoms with Crippen molar-refractivity contribution in [2.45, 2.75) is 31.3 Å². The molecule has 1 aromatic carbocycles. The van der Waals surface area contributed by atoms with E-state index in [0.29, 0.717) is 17.8 Å². The van der Waals surface area contributed by atoms with Crippen LogP contribution in [-0.2, 0) is 0 Å². The van der Waals surface area contributed by atoms with Gasteiger partial charge in [0.2, 0.25) is 0 Å². The maximum Gasteiger partial charge on any atom is 0.270 e. The number of ether oxygens (including phenoxy) is 1. The van der Waals surface area contributed by atoms with Gasteiger partial charge in [-0.1, -0.05) is 0 Å². The Hall–Kier alpha value is -2.01. The van der Waals surface area contributed by atoms with E-state index >= 15 is 0 Å². The second-order valence-electron chi connectivity index (χ2n) is 6.31. The number of methoxy groups -OCH3 is 1. The van der Waals surface area contributed by atoms with E-state index in [9.17, 15) is 4.79 Å². The predicted molar refractivity (Wildman–Crippen MR) is 85.3 cm³/mol. The van der Waals surface area contributed by atoms with Gasteiger partial charge in [0, 0.05) is 36.1 Å². The van der Waals surface area contributed by atoms with Gasteiger partial charge in [-0.05, 0) is 43.5 Å². The van der Waals surface area contributed by atoms with E-state index in [1.54, 1.807) is 7.11 Å². The topological polar surface area (TPSA) is 57.4 Å². The number of H-pyrrole nitrogens is 1. The second kappa shape index (κ2) is 5.32. The van der Waals surface area contributed by atoms with Gasteiger partial charge in [-0.3, -0.25) is 4.79 Å². The fraction of sp³-hybridized carbons (Fsp3) is 0.471. The summed E-state index contributed by atoms with van der Waals surface area (Å²) in [7, 11) is 1.65. The van der Waals surface area contributed by atoms with Crippen molar-refractivity contribution in [2.75, 3.05) is 20.2 Å². The van der Waals surface area contributed by atoms with Crippen molar-refractivity contribution in [3.8, 4) is 5.75 Å². The molecule has 22 heavy (non-hydrogen) atoms. The van der Waals surface area contributed by atoms with E-state index in [1.807, 2.05) is 29.2 Å². The lowest BCUT2D eigenvalue weighted by Crippen LogP contribution is -2.39. The van der Waals surface area contributed by atoms with E-state index in [4.69, 9.17) is 4.74 Å².